The number of nitrogens with two attached hydrogens (primary N) is 1. The maximum atomic E-state index is 14.7. The van der Waals surface area contributed by atoms with E-state index in [1.807, 2.05) is 55.0 Å². The van der Waals surface area contributed by atoms with Gasteiger partial charge in [-0.3, -0.25) is 19.2 Å². The molecule has 8 rings (SSSR count). The van der Waals surface area contributed by atoms with Crippen LogP contribution in [0.4, 0.5) is 15.9 Å². The first-order valence-electron chi connectivity index (χ1n) is 28.0. The average Bonchev–Trinajstić information content (AvgIpc) is 3.83. The van der Waals surface area contributed by atoms with Crippen LogP contribution in [0.2, 0.25) is 5.02 Å². The third-order valence-electron chi connectivity index (χ3n) is 16.1. The first-order valence-corrected chi connectivity index (χ1v) is 30.1. The van der Waals surface area contributed by atoms with Crippen molar-refractivity contribution < 1.29 is 33.4 Å². The number of nitrogens with one attached hydrogen (secondary N) is 3. The molecule has 2 aromatic heterocycles. The average molecular weight is 1130 g/mol. The molecule has 5 heterocycles. The van der Waals surface area contributed by atoms with Crippen LogP contribution in [0.25, 0.3) is 10.4 Å². The number of aromatic nitrogens is 3. The smallest absolute Gasteiger partial charge is 0.258 e. The van der Waals surface area contributed by atoms with Gasteiger partial charge in [-0.25, -0.2) is 19.3 Å². The molecule has 78 heavy (non-hydrogen) atoms. The number of likely N-dealkylation sites (tertiary alicyclic amines) is 2. The van der Waals surface area contributed by atoms with Gasteiger partial charge in [-0.1, -0.05) is 82.1 Å². The number of hydrogen-bond donors (Lipinski definition) is 5. The molecule has 4 amide bonds. The highest BCUT2D eigenvalue weighted by Gasteiger charge is 2.53. The molecule has 4 aliphatic rings. The van der Waals surface area contributed by atoms with Crippen molar-refractivity contribution in [3.8, 4) is 16.2 Å². The van der Waals surface area contributed by atoms with Crippen molar-refractivity contribution in [2.45, 2.75) is 165 Å². The number of benzene rings is 2. The Balaban J connectivity index is 0.725. The molecular weight excluding hydrogens is 1050 g/mol. The minimum Gasteiger partial charge on any atom is -0.493 e. The van der Waals surface area contributed by atoms with Gasteiger partial charge in [0.2, 0.25) is 17.7 Å². The lowest BCUT2D eigenvalue weighted by atomic mass is 9.80. The molecule has 2 unspecified atom stereocenters. The van der Waals surface area contributed by atoms with Crippen LogP contribution in [-0.4, -0.2) is 130 Å². The van der Waals surface area contributed by atoms with Crippen molar-refractivity contribution in [3.05, 3.63) is 70.6 Å². The maximum Gasteiger partial charge on any atom is 0.258 e. The molecule has 6 N–H and O–H groups in total. The zero-order valence-electron chi connectivity index (χ0n) is 46.1. The summed E-state index contributed by atoms with van der Waals surface area (Å²) in [6, 6.07) is 9.53. The topological polar surface area (TPSA) is 208 Å². The van der Waals surface area contributed by atoms with Gasteiger partial charge < -0.3 is 46.2 Å². The number of carbonyl (C=O) groups excluding carboxylic acids is 4. The van der Waals surface area contributed by atoms with Gasteiger partial charge in [0, 0.05) is 49.5 Å². The number of nitrogens with zero attached hydrogens (tertiary/aromatic N) is 6. The van der Waals surface area contributed by atoms with Crippen molar-refractivity contribution in [1.82, 2.24) is 35.4 Å². The second-order valence-electron chi connectivity index (χ2n) is 23.4. The fourth-order valence-corrected chi connectivity index (χ4v) is 12.5. The summed E-state index contributed by atoms with van der Waals surface area (Å²) >= 11 is 9.79. The third kappa shape index (κ3) is 15.7. The number of rotatable bonds is 24. The van der Waals surface area contributed by atoms with E-state index in [-0.39, 0.29) is 43.7 Å². The number of aryl methyl sites for hydroxylation is 1. The summed E-state index contributed by atoms with van der Waals surface area (Å²) < 4.78 is 21.1. The summed E-state index contributed by atoms with van der Waals surface area (Å²) in [4.78, 5) is 75.4. The normalized spacial score (nSPS) is 19.8. The Morgan fingerprint density at radius 1 is 0.987 bits per heavy atom. The fourth-order valence-electron chi connectivity index (χ4n) is 10.6. The number of carbonyl (C=O) groups is 4. The molecule has 16 nitrogen and oxygen atoms in total. The summed E-state index contributed by atoms with van der Waals surface area (Å²) in [5.74, 6) is 0.324. The summed E-state index contributed by atoms with van der Waals surface area (Å²) in [6.45, 7) is 15.8. The van der Waals surface area contributed by atoms with Crippen molar-refractivity contribution >= 4 is 69.8 Å². The van der Waals surface area contributed by atoms with Crippen molar-refractivity contribution in [1.29, 1.82) is 0 Å². The number of thiazole rings is 1. The number of β-amino-alcohol motifs (C(OH)–C–C–N with tert-alkyl or cyclic N) is 1. The van der Waals surface area contributed by atoms with Crippen LogP contribution in [0, 0.1) is 23.7 Å². The number of amides is 4. The molecule has 3 saturated heterocycles. The minimum absolute atomic E-state index is 0.0322. The van der Waals surface area contributed by atoms with Gasteiger partial charge in [-0.15, -0.1) is 11.3 Å². The molecule has 424 valence electrons. The monoisotopic (exact) mass is 1130 g/mol. The molecule has 0 radical (unpaired) electrons. The van der Waals surface area contributed by atoms with E-state index in [2.05, 4.69) is 47.6 Å². The second-order valence-corrected chi connectivity index (χ2v) is 25.7. The van der Waals surface area contributed by atoms with Gasteiger partial charge in [0.05, 0.1) is 51.9 Å². The largest absolute Gasteiger partial charge is 0.493 e. The molecule has 3 atom stereocenters. The Hall–Kier alpha value is -4.92. The minimum atomic E-state index is -1.96. The van der Waals surface area contributed by atoms with Crippen LogP contribution in [0.5, 0.6) is 5.75 Å². The fraction of sp³-hybridized carbons (Fsp3) is 0.603. The van der Waals surface area contributed by atoms with E-state index >= 15 is 0 Å². The SMILES string of the molecule is Cc1ncsc1-c1ccc(CNC(=O)C2CC(O)CN2C(=O)[C@@H](NC(=O)C2(F)CC2)C(C)(C)C)c(OCCCCCCN2CCC(CCCC(=O)Nc3cccc(Sc4cnc(N5CCC(C)(CN)CC5)cn4)c3Cl)CC2)c1. The van der Waals surface area contributed by atoms with Gasteiger partial charge in [0.25, 0.3) is 5.91 Å². The van der Waals surface area contributed by atoms with Crippen LogP contribution in [0.15, 0.2) is 64.2 Å². The lowest BCUT2D eigenvalue weighted by molar-refractivity contribution is -0.145. The zero-order chi connectivity index (χ0) is 55.6. The molecule has 0 bridgehead atoms. The highest BCUT2D eigenvalue weighted by Crippen LogP contribution is 2.41. The van der Waals surface area contributed by atoms with Crippen molar-refractivity contribution in [2.75, 3.05) is 62.6 Å². The highest BCUT2D eigenvalue weighted by molar-refractivity contribution is 7.99. The van der Waals surface area contributed by atoms with Crippen LogP contribution < -0.4 is 31.3 Å². The molecule has 4 fully saturated rings. The zero-order valence-corrected chi connectivity index (χ0v) is 48.5. The Morgan fingerprint density at radius 3 is 2.42 bits per heavy atom. The van der Waals surface area contributed by atoms with Crippen molar-refractivity contribution in [3.63, 3.8) is 0 Å². The predicted octanol–water partition coefficient (Wildman–Crippen LogP) is 9.35. The Labute approximate surface area is 473 Å². The molecule has 20 heteroatoms. The van der Waals surface area contributed by atoms with E-state index in [4.69, 9.17) is 22.1 Å². The first kappa shape index (κ1) is 59.2. The molecule has 3 aliphatic heterocycles. The predicted molar refractivity (Wildman–Crippen MR) is 307 cm³/mol. The lowest BCUT2D eigenvalue weighted by Gasteiger charge is -2.39. The highest BCUT2D eigenvalue weighted by atomic mass is 35.5. The summed E-state index contributed by atoms with van der Waals surface area (Å²) in [5.41, 5.74) is 8.52. The second kappa shape index (κ2) is 26.6. The summed E-state index contributed by atoms with van der Waals surface area (Å²) in [5, 5.41) is 20.5. The number of aliphatic hydroxyl groups is 1. The molecule has 2 aromatic carbocycles. The van der Waals surface area contributed by atoms with Gasteiger partial charge in [0.1, 0.15) is 28.7 Å². The first-order chi connectivity index (χ1) is 37.3. The number of halogens is 2. The number of piperidine rings is 2. The van der Waals surface area contributed by atoms with E-state index in [1.165, 1.54) is 16.7 Å². The standard InChI is InChI=1S/C58H80ClFN10O6S2/c1-38-51(77-37-65-38)40-16-17-41(32-64-53(73)44-31-42(71)35-70(44)54(74)52(56(2,3)4)67-55(75)58(60)20-21-58)45(30-40)76-29-9-7-6-8-24-68-25-18-39(19-26-68)12-10-15-48(72)66-43-13-11-14-46(50(43)59)78-49-34-62-47(33-63-49)69-27-22-57(5,36-61)23-28-69/h11,13-14,16-17,30,33-34,37,39,42,44,52,71H,6-10,12,15,18-29,31-32,35-36,61H2,1-5H3,(H,64,73)(H,66,72)(H,67,75)/t42?,44?,52-/m1/s1. The quantitative estimate of drug-likeness (QED) is 0.0415. The van der Waals surface area contributed by atoms with E-state index in [0.717, 1.165) is 134 Å². The molecular formula is C58H80ClFN10O6S2. The molecule has 1 saturated carbocycles. The summed E-state index contributed by atoms with van der Waals surface area (Å²) in [6.07, 6.45) is 13.7. The number of unbranched alkanes of at least 4 members (excludes halogenated alkanes) is 3. The van der Waals surface area contributed by atoms with Crippen LogP contribution in [0.3, 0.4) is 0 Å². The van der Waals surface area contributed by atoms with Gasteiger partial charge in [-0.05, 0) is 138 Å². The van der Waals surface area contributed by atoms with Gasteiger partial charge >= 0.3 is 0 Å². The number of hydrogen-bond acceptors (Lipinski definition) is 14. The number of ether oxygens (including phenoxy) is 1. The number of anilines is 2. The van der Waals surface area contributed by atoms with Crippen molar-refractivity contribution in [2.24, 2.45) is 22.5 Å². The van der Waals surface area contributed by atoms with Crippen LogP contribution in [0.1, 0.15) is 129 Å². The Kier molecular flexibility index (Phi) is 20.2. The van der Waals surface area contributed by atoms with Crippen LogP contribution in [-0.2, 0) is 25.7 Å². The van der Waals surface area contributed by atoms with Crippen LogP contribution >= 0.6 is 34.7 Å². The Bertz CT molecular complexity index is 2690. The van der Waals surface area contributed by atoms with Gasteiger partial charge in [-0.2, -0.15) is 0 Å². The van der Waals surface area contributed by atoms with E-state index in [9.17, 15) is 28.7 Å². The number of alkyl halides is 1. The molecule has 1 aliphatic carbocycles. The molecule has 4 aromatic rings. The molecule has 0 spiro atoms. The number of aliphatic hydroxyl groups excluding tert-OH is 1. The van der Waals surface area contributed by atoms with E-state index < -0.39 is 47.0 Å². The van der Waals surface area contributed by atoms with E-state index in [1.54, 1.807) is 38.3 Å². The Morgan fingerprint density at radius 2 is 1.74 bits per heavy atom. The third-order valence-corrected chi connectivity index (χ3v) is 18.6. The summed E-state index contributed by atoms with van der Waals surface area (Å²) in [7, 11) is 0. The lowest BCUT2D eigenvalue weighted by Crippen LogP contribution is -2.59. The van der Waals surface area contributed by atoms with Gasteiger partial charge in [0.15, 0.2) is 5.67 Å². The van der Waals surface area contributed by atoms with E-state index in [0.29, 0.717) is 41.9 Å². The maximum absolute atomic E-state index is 14.7.